The maximum absolute atomic E-state index is 11.4. The van der Waals surface area contributed by atoms with Crippen LogP contribution in [0.3, 0.4) is 0 Å². The maximum atomic E-state index is 11.4. The Bertz CT molecular complexity index is 497. The summed E-state index contributed by atoms with van der Waals surface area (Å²) < 4.78 is 5.74. The molecular weight excluding hydrogens is 274 g/mol. The Morgan fingerprint density at radius 2 is 2.30 bits per heavy atom. The molecule has 3 nitrogen and oxygen atoms in total. The molecule has 0 aromatic heterocycles. The zero-order valence-electron chi connectivity index (χ0n) is 11.5. The molecule has 0 saturated carbocycles. The highest BCUT2D eigenvalue weighted by Crippen LogP contribution is 2.32. The van der Waals surface area contributed by atoms with Crippen LogP contribution in [0.5, 0.6) is 0 Å². The quantitative estimate of drug-likeness (QED) is 0.857. The van der Waals surface area contributed by atoms with Crippen molar-refractivity contribution in [3.05, 3.63) is 29.3 Å². The van der Waals surface area contributed by atoms with E-state index in [0.29, 0.717) is 12.5 Å². The number of carbonyl (C=O) groups is 1. The zero-order chi connectivity index (χ0) is 13.9. The van der Waals surface area contributed by atoms with Crippen LogP contribution >= 0.6 is 11.6 Å². The van der Waals surface area contributed by atoms with Gasteiger partial charge in [-0.05, 0) is 49.3 Å². The van der Waals surface area contributed by atoms with Crippen LogP contribution in [0.2, 0.25) is 0 Å². The summed E-state index contributed by atoms with van der Waals surface area (Å²) in [6.07, 6.45) is 6.40. The summed E-state index contributed by atoms with van der Waals surface area (Å²) in [5.41, 5.74) is 3.10. The van der Waals surface area contributed by atoms with Gasteiger partial charge in [0, 0.05) is 12.3 Å². The lowest BCUT2D eigenvalue weighted by Gasteiger charge is -2.23. The Kier molecular flexibility index (Phi) is 4.27. The van der Waals surface area contributed by atoms with E-state index >= 15 is 0 Å². The number of benzene rings is 1. The van der Waals surface area contributed by atoms with Gasteiger partial charge in [0.05, 0.1) is 17.9 Å². The predicted molar refractivity (Wildman–Crippen MR) is 80.2 cm³/mol. The lowest BCUT2D eigenvalue weighted by molar-refractivity contribution is -0.115. The molecule has 4 heteroatoms. The van der Waals surface area contributed by atoms with Gasteiger partial charge in [-0.1, -0.05) is 12.1 Å². The highest BCUT2D eigenvalue weighted by atomic mass is 35.5. The molecule has 0 bridgehead atoms. The normalized spacial score (nSPS) is 23.2. The molecule has 2 unspecified atom stereocenters. The molecule has 1 saturated heterocycles. The largest absolute Gasteiger partial charge is 0.378 e. The van der Waals surface area contributed by atoms with Gasteiger partial charge >= 0.3 is 0 Å². The second-order valence-electron chi connectivity index (χ2n) is 5.68. The molecule has 2 aliphatic heterocycles. The van der Waals surface area contributed by atoms with Gasteiger partial charge in [0.25, 0.3) is 0 Å². The predicted octanol–water partition coefficient (Wildman–Crippen LogP) is 3.81. The number of halogens is 1. The van der Waals surface area contributed by atoms with E-state index in [4.69, 9.17) is 16.3 Å². The van der Waals surface area contributed by atoms with Crippen LogP contribution in [-0.2, 0) is 16.0 Å². The van der Waals surface area contributed by atoms with Crippen molar-refractivity contribution in [1.29, 1.82) is 0 Å². The molecule has 0 spiro atoms. The lowest BCUT2D eigenvalue weighted by atomic mass is 9.99. The van der Waals surface area contributed by atoms with E-state index in [1.807, 2.05) is 12.1 Å². The van der Waals surface area contributed by atoms with E-state index in [9.17, 15) is 4.79 Å². The van der Waals surface area contributed by atoms with Crippen molar-refractivity contribution >= 4 is 23.2 Å². The summed E-state index contributed by atoms with van der Waals surface area (Å²) in [7, 11) is 0. The Morgan fingerprint density at radius 3 is 3.10 bits per heavy atom. The molecule has 0 radical (unpaired) electrons. The topological polar surface area (TPSA) is 38.3 Å². The summed E-state index contributed by atoms with van der Waals surface area (Å²) in [5.74, 6) is 0.0684. The fourth-order valence-corrected chi connectivity index (χ4v) is 3.24. The van der Waals surface area contributed by atoms with E-state index in [0.717, 1.165) is 42.7 Å². The van der Waals surface area contributed by atoms with Crippen molar-refractivity contribution in [3.63, 3.8) is 0 Å². The van der Waals surface area contributed by atoms with Gasteiger partial charge in [-0.25, -0.2) is 0 Å². The first-order valence-corrected chi connectivity index (χ1v) is 7.84. The van der Waals surface area contributed by atoms with Gasteiger partial charge in [0.15, 0.2) is 0 Å². The van der Waals surface area contributed by atoms with E-state index in [1.54, 1.807) is 0 Å². The molecule has 2 atom stereocenters. The van der Waals surface area contributed by atoms with Crippen LogP contribution in [0.15, 0.2) is 18.2 Å². The summed E-state index contributed by atoms with van der Waals surface area (Å²) >= 11 is 6.50. The molecule has 1 aromatic rings. The van der Waals surface area contributed by atoms with E-state index < -0.39 is 0 Å². The molecule has 1 N–H and O–H groups in total. The number of ether oxygens (including phenoxy) is 1. The van der Waals surface area contributed by atoms with Crippen LogP contribution in [-0.4, -0.2) is 18.6 Å². The van der Waals surface area contributed by atoms with Crippen molar-refractivity contribution in [3.8, 4) is 0 Å². The molecule has 1 amide bonds. The van der Waals surface area contributed by atoms with Gasteiger partial charge in [0.1, 0.15) is 0 Å². The highest BCUT2D eigenvalue weighted by Gasteiger charge is 2.20. The Hall–Kier alpha value is -1.06. The monoisotopic (exact) mass is 293 g/mol. The fourth-order valence-electron chi connectivity index (χ4n) is 2.98. The zero-order valence-corrected chi connectivity index (χ0v) is 12.3. The number of nitrogens with one attached hydrogen (secondary N) is 1. The average Bonchev–Trinajstić information content (AvgIpc) is 2.85. The van der Waals surface area contributed by atoms with Gasteiger partial charge < -0.3 is 10.1 Å². The molecular formula is C16H20ClNO2. The minimum atomic E-state index is 0.00142. The summed E-state index contributed by atoms with van der Waals surface area (Å²) in [5, 5.41) is 2.85. The first kappa shape index (κ1) is 13.9. The van der Waals surface area contributed by atoms with E-state index in [-0.39, 0.29) is 11.3 Å². The smallest absolute Gasteiger partial charge is 0.228 e. The van der Waals surface area contributed by atoms with Gasteiger partial charge in [-0.15, -0.1) is 11.6 Å². The molecule has 2 aliphatic rings. The first-order valence-electron chi connectivity index (χ1n) is 7.41. The Morgan fingerprint density at radius 1 is 1.40 bits per heavy atom. The van der Waals surface area contributed by atoms with Crippen molar-refractivity contribution in [1.82, 2.24) is 0 Å². The van der Waals surface area contributed by atoms with E-state index in [1.165, 1.54) is 12.8 Å². The van der Waals surface area contributed by atoms with Crippen molar-refractivity contribution in [2.24, 2.45) is 0 Å². The molecule has 1 fully saturated rings. The maximum Gasteiger partial charge on any atom is 0.228 e. The molecule has 0 aliphatic carbocycles. The number of anilines is 1. The van der Waals surface area contributed by atoms with Gasteiger partial charge in [-0.2, -0.15) is 0 Å². The van der Waals surface area contributed by atoms with Crippen LogP contribution in [0.1, 0.15) is 48.6 Å². The summed E-state index contributed by atoms with van der Waals surface area (Å²) in [6.45, 7) is 0.893. The van der Waals surface area contributed by atoms with Crippen molar-refractivity contribution in [2.75, 3.05) is 11.9 Å². The van der Waals surface area contributed by atoms with Crippen LogP contribution < -0.4 is 5.32 Å². The Labute approximate surface area is 124 Å². The number of alkyl halides is 1. The minimum Gasteiger partial charge on any atom is -0.378 e. The van der Waals surface area contributed by atoms with Crippen LogP contribution in [0.4, 0.5) is 5.69 Å². The lowest BCUT2D eigenvalue weighted by Crippen LogP contribution is -2.19. The standard InChI is InChI=1S/C16H20ClNO2/c17-14(6-5-13-3-1-2-8-20-13)11-4-7-15-12(9-11)10-16(19)18-15/h4,7,9,13-14H,1-3,5-6,8,10H2,(H,18,19). The number of fused-ring (bicyclic) bond motifs is 1. The number of hydrogen-bond donors (Lipinski definition) is 1. The minimum absolute atomic E-state index is 0.00142. The number of rotatable bonds is 4. The summed E-state index contributed by atoms with van der Waals surface area (Å²) in [6, 6.07) is 6.04. The highest BCUT2D eigenvalue weighted by molar-refractivity contribution is 6.20. The third kappa shape index (κ3) is 3.15. The van der Waals surface area contributed by atoms with E-state index in [2.05, 4.69) is 11.4 Å². The van der Waals surface area contributed by atoms with Gasteiger partial charge in [0.2, 0.25) is 5.91 Å². The SMILES string of the molecule is O=C1Cc2cc(C(Cl)CCC3CCCCO3)ccc2N1. The number of carbonyl (C=O) groups excluding carboxylic acids is 1. The number of amides is 1. The molecule has 3 rings (SSSR count). The second kappa shape index (κ2) is 6.15. The van der Waals surface area contributed by atoms with Crippen molar-refractivity contribution < 1.29 is 9.53 Å². The second-order valence-corrected chi connectivity index (χ2v) is 6.20. The molecule has 1 aromatic carbocycles. The van der Waals surface area contributed by atoms with Gasteiger partial charge in [-0.3, -0.25) is 4.79 Å². The van der Waals surface area contributed by atoms with Crippen molar-refractivity contribution in [2.45, 2.75) is 50.0 Å². The van der Waals surface area contributed by atoms with Crippen LogP contribution in [0.25, 0.3) is 0 Å². The molecule has 108 valence electrons. The van der Waals surface area contributed by atoms with Crippen LogP contribution in [0, 0.1) is 0 Å². The fraction of sp³-hybridized carbons (Fsp3) is 0.562. The first-order chi connectivity index (χ1) is 9.72. The Balaban J connectivity index is 1.58. The molecule has 2 heterocycles. The molecule has 20 heavy (non-hydrogen) atoms. The summed E-state index contributed by atoms with van der Waals surface area (Å²) in [4.78, 5) is 11.4. The average molecular weight is 294 g/mol. The number of hydrogen-bond acceptors (Lipinski definition) is 2. The third-order valence-corrected chi connectivity index (χ3v) is 4.60. The third-order valence-electron chi connectivity index (χ3n) is 4.13.